The fourth-order valence-corrected chi connectivity index (χ4v) is 20.4. The van der Waals surface area contributed by atoms with Gasteiger partial charge in [0, 0.05) is 184 Å². The molecule has 4 aromatic carbocycles. The fraction of sp³-hybridized carbons (Fsp3) is 0.483. The lowest BCUT2D eigenvalue weighted by atomic mass is 10.1. The minimum atomic E-state index is -5.22. The van der Waals surface area contributed by atoms with Gasteiger partial charge in [0.05, 0.1) is 72.6 Å². The van der Waals surface area contributed by atoms with E-state index in [0.717, 1.165) is 11.0 Å². The van der Waals surface area contributed by atoms with E-state index in [0.29, 0.717) is 61.7 Å². The molecule has 22 N–H and O–H groups in total. The number of aromatic nitrogens is 8. The van der Waals surface area contributed by atoms with E-state index >= 15 is 0 Å². The summed E-state index contributed by atoms with van der Waals surface area (Å²) < 4.78 is 145. The first kappa shape index (κ1) is 118. The molecule has 56 nitrogen and oxygen atoms in total. The summed E-state index contributed by atoms with van der Waals surface area (Å²) >= 11 is 0. The number of rotatable bonds is 61. The van der Waals surface area contributed by atoms with Crippen LogP contribution < -0.4 is 77.4 Å². The number of sulfonamides is 2. The van der Waals surface area contributed by atoms with Gasteiger partial charge in [0.25, 0.3) is 32.1 Å². The molecule has 149 heavy (non-hydrogen) atoms. The maximum absolute atomic E-state index is 14.5. The van der Waals surface area contributed by atoms with Crippen molar-refractivity contribution in [2.45, 2.75) is 132 Å². The number of aliphatic carboxylic acids is 5. The maximum atomic E-state index is 14.5. The molecule has 60 heteroatoms. The van der Waals surface area contributed by atoms with Crippen molar-refractivity contribution in [2.24, 2.45) is 0 Å². The van der Waals surface area contributed by atoms with Crippen LogP contribution in [0.1, 0.15) is 94.3 Å². The van der Waals surface area contributed by atoms with Crippen LogP contribution >= 0.6 is 0 Å². The Morgan fingerprint density at radius 1 is 0.403 bits per heavy atom. The number of carbonyl (C=O) groups is 14. The Labute approximate surface area is 854 Å². The molecule has 0 aliphatic carbocycles. The van der Waals surface area contributed by atoms with Gasteiger partial charge in [-0.15, -0.1) is 0 Å². The molecule has 814 valence electrons. The molecule has 8 aromatic rings. The molecule has 9 amide bonds. The van der Waals surface area contributed by atoms with Gasteiger partial charge >= 0.3 is 29.8 Å². The molecular formula is C89H123N25O31S4. The van der Waals surface area contributed by atoms with Crippen LogP contribution in [-0.4, -0.2) is 396 Å². The van der Waals surface area contributed by atoms with Gasteiger partial charge in [-0.2, -0.15) is 36.5 Å². The Hall–Kier alpha value is -14.5. The SMILES string of the molecule is Cc1cc(OCCCC(=O)NCCNC(=O)[C@H](CS(=O)(=O)O)NC(=O)CC[C@H](NC(=O)CN2CCN(CC(=O)O)CCN(CC(=O)O)CCN(CC(=O)O)CC2)C(=O)N[C@@H](CS(=O)(=O)O)C(=O)NCCNC(=O)CCCOc2cc(C)c(S(=O)(=O)N[C@@H](CNC(=O)c3ccc4c(cnn4CCCNc4ncc[nH]4)c3)C(=O)O)c(C)c2)cc(C)c1S(=O)(=O)N[C@@H](CNC(=O)c1ccc2c(cnn2CCCNc2ncc[nH]2)c1)C(=O)O. The molecule has 4 aromatic heterocycles. The highest BCUT2D eigenvalue weighted by Crippen LogP contribution is 2.29. The number of carboxylic acids is 5. The largest absolute Gasteiger partial charge is 0.494 e. The number of benzene rings is 4. The van der Waals surface area contributed by atoms with E-state index < -0.39 is 230 Å². The first-order chi connectivity index (χ1) is 70.5. The van der Waals surface area contributed by atoms with Crippen molar-refractivity contribution in [3.05, 3.63) is 131 Å². The van der Waals surface area contributed by atoms with Crippen molar-refractivity contribution in [1.29, 1.82) is 0 Å². The molecule has 0 radical (unpaired) electrons. The normalized spacial score (nSPS) is 14.3. The zero-order valence-electron chi connectivity index (χ0n) is 81.7. The average molecular weight is 2170 g/mol. The number of hydrogen-bond donors (Lipinski definition) is 22. The molecule has 5 atom stereocenters. The van der Waals surface area contributed by atoms with E-state index in [9.17, 15) is 135 Å². The molecule has 5 heterocycles. The van der Waals surface area contributed by atoms with E-state index in [2.05, 4.69) is 98.1 Å². The lowest BCUT2D eigenvalue weighted by Crippen LogP contribution is -2.57. The van der Waals surface area contributed by atoms with Crippen LogP contribution in [0.4, 0.5) is 11.9 Å². The highest BCUT2D eigenvalue weighted by molar-refractivity contribution is 7.90. The summed E-state index contributed by atoms with van der Waals surface area (Å²) in [6.45, 7) is 2.03. The van der Waals surface area contributed by atoms with Gasteiger partial charge in [-0.05, 0) is 143 Å². The third-order valence-electron chi connectivity index (χ3n) is 22.9. The van der Waals surface area contributed by atoms with Crippen LogP contribution in [-0.2, 0) is 111 Å². The number of nitrogens with one attached hydrogen (secondary N) is 15. The van der Waals surface area contributed by atoms with Gasteiger partial charge in [0.2, 0.25) is 61.4 Å². The number of ether oxygens (including phenoxy) is 2. The summed E-state index contributed by atoms with van der Waals surface area (Å²) in [5, 5.41) is 86.9. The van der Waals surface area contributed by atoms with Crippen LogP contribution in [0.2, 0.25) is 0 Å². The summed E-state index contributed by atoms with van der Waals surface area (Å²) in [7, 11) is -19.5. The number of nitrogens with zero attached hydrogens (tertiary/aromatic N) is 10. The van der Waals surface area contributed by atoms with E-state index in [-0.39, 0.29) is 159 Å². The minimum absolute atomic E-state index is 0.00241. The zero-order valence-corrected chi connectivity index (χ0v) is 85.0. The maximum Gasteiger partial charge on any atom is 0.323 e. The summed E-state index contributed by atoms with van der Waals surface area (Å²) in [4.78, 5) is 203. The quantitative estimate of drug-likeness (QED) is 0.0129. The van der Waals surface area contributed by atoms with Crippen molar-refractivity contribution in [3.8, 4) is 11.5 Å². The van der Waals surface area contributed by atoms with Crippen molar-refractivity contribution in [3.63, 3.8) is 0 Å². The van der Waals surface area contributed by atoms with Crippen LogP contribution in [0.3, 0.4) is 0 Å². The summed E-state index contributed by atoms with van der Waals surface area (Å²) in [6, 6.07) is 4.98. The topological polar surface area (TPSA) is 798 Å². The van der Waals surface area contributed by atoms with Crippen LogP contribution in [0, 0.1) is 27.7 Å². The third-order valence-corrected chi connectivity index (χ3v) is 27.9. The van der Waals surface area contributed by atoms with Gasteiger partial charge < -0.3 is 103 Å². The summed E-state index contributed by atoms with van der Waals surface area (Å²) in [5.74, 6) is -17.3. The summed E-state index contributed by atoms with van der Waals surface area (Å²) in [6.07, 6.45) is 9.04. The summed E-state index contributed by atoms with van der Waals surface area (Å²) in [5.41, 5.74) is 2.33. The Balaban J connectivity index is 0.756. The lowest BCUT2D eigenvalue weighted by Gasteiger charge is -2.33. The Morgan fingerprint density at radius 2 is 0.765 bits per heavy atom. The fourth-order valence-electron chi connectivity index (χ4n) is 15.8. The lowest BCUT2D eigenvalue weighted by molar-refractivity contribution is -0.140. The first-order valence-electron chi connectivity index (χ1n) is 46.9. The van der Waals surface area contributed by atoms with E-state index in [1.807, 2.05) is 0 Å². The number of H-pyrrole nitrogens is 2. The van der Waals surface area contributed by atoms with Crippen molar-refractivity contribution in [2.75, 3.05) is 166 Å². The van der Waals surface area contributed by atoms with E-state index in [1.165, 1.54) is 83.7 Å². The highest BCUT2D eigenvalue weighted by Gasteiger charge is 2.36. The predicted octanol–water partition coefficient (Wildman–Crippen LogP) is -3.64. The number of imidazole rings is 2. The van der Waals surface area contributed by atoms with Gasteiger partial charge in [0.1, 0.15) is 53.2 Å². The van der Waals surface area contributed by atoms with Crippen LogP contribution in [0.25, 0.3) is 21.8 Å². The second-order valence-electron chi connectivity index (χ2n) is 34.7. The highest BCUT2D eigenvalue weighted by atomic mass is 32.2. The number of hydrogen-bond acceptors (Lipinski definition) is 34. The number of fused-ring (bicyclic) bond motifs is 2. The molecule has 1 aliphatic heterocycles. The second-order valence-corrected chi connectivity index (χ2v) is 41.0. The number of aryl methyl sites for hydroxylation is 6. The standard InChI is InChI=1S/C89H123N25O31S4/c1-55-39-63(40-56(2)79(55)148(140,141)107-66(86(130)131)47-100-81(125)59-11-14-70-61(43-59)45-102-113(70)27-7-17-94-88-96-23-24-97-88)144-37-5-9-72(115)90-19-21-92-83(127)68(53-146(134,135)136)105-74(117)16-13-65(104-75(118)49-109-29-31-110(50-76(119)120)33-35-112(52-78(123)124)36-34-111(32-30-109)51-77(121)122)85(129)106-69(54-147(137,138)139)84(128)93-22-20-91-73(116)10-6-38-145-64-41-57(3)80(58(4)42-64)149(142,143)108-67(87(132)133)48-101-82(126)60-12-15-71-62(44-60)46-103-114(71)28-8-18-95-89-98-25-26-99-89/h11-12,14-15,23-26,39-46,65-69,107-108H,5-10,13,16-22,27-38,47-54H2,1-4H3,(H,90,115)(H,91,116)(H,92,127)(H,93,128)(H,100,125)(H,101,126)(H,104,118)(H,105,117)(H,106,129)(H,119,120)(H,121,122)(H,123,124)(H,130,131)(H,132,133)(H2,94,96,97)(H2,95,98,99)(H,134,135,136)(H,137,138,139)/t65-,66-,67-,68-,69-/m0/s1. The molecule has 1 fully saturated rings. The Bertz CT molecular complexity index is 6460. The Morgan fingerprint density at radius 3 is 1.12 bits per heavy atom. The number of aromatic amines is 2. The van der Waals surface area contributed by atoms with Crippen molar-refractivity contribution >= 4 is 157 Å². The van der Waals surface area contributed by atoms with Gasteiger partial charge in [-0.25, -0.2) is 26.8 Å². The monoisotopic (exact) mass is 2170 g/mol. The smallest absolute Gasteiger partial charge is 0.323 e. The van der Waals surface area contributed by atoms with Crippen LogP contribution in [0.5, 0.6) is 11.5 Å². The molecular weight excluding hydrogens is 2040 g/mol. The molecule has 0 saturated carbocycles. The molecule has 0 unspecified atom stereocenters. The molecule has 0 spiro atoms. The second kappa shape index (κ2) is 56.6. The van der Waals surface area contributed by atoms with Crippen molar-refractivity contribution < 1.29 is 145 Å². The molecule has 9 rings (SSSR count). The Kier molecular flexibility index (Phi) is 44.8. The average Bonchev–Trinajstić information content (AvgIpc) is 1.69. The van der Waals surface area contributed by atoms with Gasteiger partial charge in [-0.3, -0.25) is 105 Å². The van der Waals surface area contributed by atoms with Crippen LogP contribution in [0.15, 0.2) is 108 Å². The van der Waals surface area contributed by atoms with Gasteiger partial charge in [-0.1, -0.05) is 0 Å². The van der Waals surface area contributed by atoms with E-state index in [1.54, 1.807) is 70.8 Å². The van der Waals surface area contributed by atoms with Crippen molar-refractivity contribution in [1.82, 2.24) is 116 Å². The van der Waals surface area contributed by atoms with Gasteiger partial charge in [0.15, 0.2) is 11.9 Å². The van der Waals surface area contributed by atoms with E-state index in [4.69, 9.17) is 9.47 Å². The molecule has 1 saturated heterocycles. The number of carboxylic acid groups (broad SMARTS) is 5. The molecule has 0 bridgehead atoms. The number of carbonyl (C=O) groups excluding carboxylic acids is 9. The molecule has 1 aliphatic rings. The first-order valence-corrected chi connectivity index (χ1v) is 53.1. The third kappa shape index (κ3) is 39.9. The predicted molar refractivity (Wildman–Crippen MR) is 531 cm³/mol. The zero-order chi connectivity index (χ0) is 109. The number of anilines is 2. The minimum Gasteiger partial charge on any atom is -0.494 e. The number of amides is 9.